The summed E-state index contributed by atoms with van der Waals surface area (Å²) in [6, 6.07) is 0. The fourth-order valence-corrected chi connectivity index (χ4v) is 0.290. The number of amides is 1. The third-order valence-electron chi connectivity index (χ3n) is 0.687. The number of aliphatic hydroxyl groups excluding tert-OH is 1. The lowest BCUT2D eigenvalue weighted by atomic mass is 10.3. The Kier molecular flexibility index (Phi) is 3.14. The fourth-order valence-electron chi connectivity index (χ4n) is 0.290. The van der Waals surface area contributed by atoms with Crippen molar-refractivity contribution in [2.45, 2.75) is 19.1 Å². The minimum Gasteiger partial charge on any atom is -0.379 e. The highest BCUT2D eigenvalue weighted by atomic mass is 16.3. The Balaban J connectivity index is 3.05. The van der Waals surface area contributed by atoms with E-state index in [1.807, 2.05) is 0 Å². The maximum Gasteiger partial charge on any atom is 0.217 e. The SMILES string of the molecule is NC(=O)CCC(N)O. The first-order chi connectivity index (χ1) is 3.63. The Morgan fingerprint density at radius 3 is 2.38 bits per heavy atom. The van der Waals surface area contributed by atoms with Crippen LogP contribution in [-0.2, 0) is 4.79 Å². The van der Waals surface area contributed by atoms with Crippen LogP contribution in [0.1, 0.15) is 12.8 Å². The molecule has 0 aliphatic heterocycles. The minimum absolute atomic E-state index is 0.150. The molecule has 0 spiro atoms. The number of carbonyl (C=O) groups is 1. The van der Waals surface area contributed by atoms with Gasteiger partial charge in [-0.05, 0) is 6.42 Å². The highest BCUT2D eigenvalue weighted by Gasteiger charge is 1.97. The second kappa shape index (κ2) is 3.40. The molecular weight excluding hydrogens is 108 g/mol. The molecule has 0 saturated carbocycles. The Morgan fingerprint density at radius 1 is 1.75 bits per heavy atom. The molecule has 4 nitrogen and oxygen atoms in total. The van der Waals surface area contributed by atoms with Crippen LogP contribution in [0, 0.1) is 0 Å². The molecule has 4 heteroatoms. The maximum atomic E-state index is 9.96. The van der Waals surface area contributed by atoms with E-state index in [0.717, 1.165) is 0 Å². The van der Waals surface area contributed by atoms with E-state index < -0.39 is 12.1 Å². The van der Waals surface area contributed by atoms with E-state index in [1.165, 1.54) is 0 Å². The van der Waals surface area contributed by atoms with Crippen LogP contribution in [0.25, 0.3) is 0 Å². The van der Waals surface area contributed by atoms with Gasteiger partial charge in [-0.25, -0.2) is 0 Å². The van der Waals surface area contributed by atoms with Gasteiger partial charge in [-0.15, -0.1) is 0 Å². The Bertz CT molecular complexity index is 82.1. The van der Waals surface area contributed by atoms with Crippen molar-refractivity contribution in [3.8, 4) is 0 Å². The molecule has 0 aromatic heterocycles. The monoisotopic (exact) mass is 118 g/mol. The first kappa shape index (κ1) is 7.39. The van der Waals surface area contributed by atoms with Gasteiger partial charge in [-0.1, -0.05) is 0 Å². The molecular formula is C4H10N2O2. The number of rotatable bonds is 3. The predicted molar refractivity (Wildman–Crippen MR) is 28.6 cm³/mol. The van der Waals surface area contributed by atoms with Gasteiger partial charge in [0.15, 0.2) is 0 Å². The van der Waals surface area contributed by atoms with Crippen LogP contribution < -0.4 is 11.5 Å². The molecule has 1 amide bonds. The molecule has 0 heterocycles. The number of nitrogens with two attached hydrogens (primary N) is 2. The van der Waals surface area contributed by atoms with Crippen molar-refractivity contribution in [1.29, 1.82) is 0 Å². The molecule has 8 heavy (non-hydrogen) atoms. The lowest BCUT2D eigenvalue weighted by molar-refractivity contribution is -0.118. The maximum absolute atomic E-state index is 9.96. The second-order valence-electron chi connectivity index (χ2n) is 1.57. The summed E-state index contributed by atoms with van der Waals surface area (Å²) < 4.78 is 0. The Morgan fingerprint density at radius 2 is 2.25 bits per heavy atom. The van der Waals surface area contributed by atoms with E-state index in [9.17, 15) is 4.79 Å². The normalized spacial score (nSPS) is 13.2. The van der Waals surface area contributed by atoms with Gasteiger partial charge in [0, 0.05) is 6.42 Å². The zero-order valence-electron chi connectivity index (χ0n) is 4.50. The van der Waals surface area contributed by atoms with Gasteiger partial charge in [0.05, 0.1) is 0 Å². The quantitative estimate of drug-likeness (QED) is 0.395. The molecule has 0 bridgehead atoms. The largest absolute Gasteiger partial charge is 0.379 e. The van der Waals surface area contributed by atoms with E-state index in [1.54, 1.807) is 0 Å². The predicted octanol–water partition coefficient (Wildman–Crippen LogP) is -1.47. The zero-order valence-corrected chi connectivity index (χ0v) is 4.50. The van der Waals surface area contributed by atoms with E-state index >= 15 is 0 Å². The summed E-state index contributed by atoms with van der Waals surface area (Å²) in [5.41, 5.74) is 9.62. The molecule has 1 atom stereocenters. The van der Waals surface area contributed by atoms with Crippen molar-refractivity contribution < 1.29 is 9.90 Å². The summed E-state index contributed by atoms with van der Waals surface area (Å²) in [6.07, 6.45) is -0.519. The van der Waals surface area contributed by atoms with Crippen LogP contribution in [0.15, 0.2) is 0 Å². The summed E-state index contributed by atoms with van der Waals surface area (Å²) in [7, 11) is 0. The van der Waals surface area contributed by atoms with Crippen molar-refractivity contribution in [3.05, 3.63) is 0 Å². The van der Waals surface area contributed by atoms with Crippen molar-refractivity contribution in [2.24, 2.45) is 11.5 Å². The molecule has 0 aliphatic carbocycles. The standard InChI is InChI=1S/C4H10N2O2/c5-3(7)1-2-4(6)8/h3,7H,1-2,5H2,(H2,6,8). The average molecular weight is 118 g/mol. The average Bonchev–Trinajstić information content (AvgIpc) is 1.61. The lowest BCUT2D eigenvalue weighted by Crippen LogP contribution is -2.21. The molecule has 0 saturated heterocycles. The van der Waals surface area contributed by atoms with Gasteiger partial charge in [0.2, 0.25) is 5.91 Å². The number of carbonyl (C=O) groups excluding carboxylic acids is 1. The van der Waals surface area contributed by atoms with Crippen LogP contribution in [0.3, 0.4) is 0 Å². The molecule has 5 N–H and O–H groups in total. The molecule has 48 valence electrons. The molecule has 1 unspecified atom stereocenters. The van der Waals surface area contributed by atoms with Crippen molar-refractivity contribution in [3.63, 3.8) is 0 Å². The summed E-state index contributed by atoms with van der Waals surface area (Å²) >= 11 is 0. The van der Waals surface area contributed by atoms with Crippen molar-refractivity contribution >= 4 is 5.91 Å². The molecule has 0 rings (SSSR count). The van der Waals surface area contributed by atoms with Gasteiger partial charge in [-0.3, -0.25) is 4.79 Å². The van der Waals surface area contributed by atoms with Gasteiger partial charge >= 0.3 is 0 Å². The van der Waals surface area contributed by atoms with E-state index in [4.69, 9.17) is 16.6 Å². The van der Waals surface area contributed by atoms with Crippen LogP contribution in [0.5, 0.6) is 0 Å². The van der Waals surface area contributed by atoms with E-state index in [0.29, 0.717) is 0 Å². The lowest BCUT2D eigenvalue weighted by Gasteiger charge is -1.98. The third-order valence-corrected chi connectivity index (χ3v) is 0.687. The topological polar surface area (TPSA) is 89.3 Å². The van der Waals surface area contributed by atoms with Gasteiger partial charge < -0.3 is 16.6 Å². The first-order valence-corrected chi connectivity index (χ1v) is 2.35. The summed E-state index contributed by atoms with van der Waals surface area (Å²) in [4.78, 5) is 9.96. The number of aliphatic hydroxyl groups is 1. The number of primary amides is 1. The smallest absolute Gasteiger partial charge is 0.217 e. The fraction of sp³-hybridized carbons (Fsp3) is 0.750. The molecule has 0 radical (unpaired) electrons. The first-order valence-electron chi connectivity index (χ1n) is 2.35. The Hall–Kier alpha value is -0.610. The molecule has 0 aliphatic rings. The Labute approximate surface area is 47.5 Å². The third kappa shape index (κ3) is 5.39. The van der Waals surface area contributed by atoms with Gasteiger partial charge in [-0.2, -0.15) is 0 Å². The van der Waals surface area contributed by atoms with Gasteiger partial charge in [0.25, 0.3) is 0 Å². The zero-order chi connectivity index (χ0) is 6.57. The van der Waals surface area contributed by atoms with Crippen LogP contribution in [0.2, 0.25) is 0 Å². The van der Waals surface area contributed by atoms with Crippen LogP contribution in [-0.4, -0.2) is 17.2 Å². The minimum atomic E-state index is -0.914. The van der Waals surface area contributed by atoms with Crippen molar-refractivity contribution in [2.75, 3.05) is 0 Å². The summed E-state index contributed by atoms with van der Waals surface area (Å²) in [6.45, 7) is 0. The van der Waals surface area contributed by atoms with E-state index in [2.05, 4.69) is 0 Å². The van der Waals surface area contributed by atoms with Gasteiger partial charge in [0.1, 0.15) is 6.23 Å². The highest BCUT2D eigenvalue weighted by molar-refractivity contribution is 5.73. The highest BCUT2D eigenvalue weighted by Crippen LogP contribution is 1.87. The van der Waals surface area contributed by atoms with Crippen LogP contribution >= 0.6 is 0 Å². The number of hydrogen-bond acceptors (Lipinski definition) is 3. The van der Waals surface area contributed by atoms with Crippen LogP contribution in [0.4, 0.5) is 0 Å². The molecule has 0 aromatic carbocycles. The molecule has 0 fully saturated rings. The summed E-state index contributed by atoms with van der Waals surface area (Å²) in [5, 5.41) is 8.37. The molecule has 0 aromatic rings. The van der Waals surface area contributed by atoms with E-state index in [-0.39, 0.29) is 12.8 Å². The van der Waals surface area contributed by atoms with Crippen molar-refractivity contribution in [1.82, 2.24) is 0 Å². The number of hydrogen-bond donors (Lipinski definition) is 3. The summed E-state index contributed by atoms with van der Waals surface area (Å²) in [5.74, 6) is -0.436. The second-order valence-corrected chi connectivity index (χ2v) is 1.57.